The number of alkyl halides is 3. The Morgan fingerprint density at radius 3 is 2.41 bits per heavy atom. The van der Waals surface area contributed by atoms with Crippen LogP contribution < -0.4 is 0 Å². The zero-order valence-corrected chi connectivity index (χ0v) is 11.6. The number of carbonyl (C=O) groups is 1. The lowest BCUT2D eigenvalue weighted by Gasteiger charge is -2.06. The van der Waals surface area contributed by atoms with E-state index in [1.54, 1.807) is 12.2 Å². The molecule has 1 aromatic heterocycles. The summed E-state index contributed by atoms with van der Waals surface area (Å²) in [6, 6.07) is 6.23. The van der Waals surface area contributed by atoms with Gasteiger partial charge >= 0.3 is 12.1 Å². The van der Waals surface area contributed by atoms with Gasteiger partial charge in [0.25, 0.3) is 0 Å². The molecule has 0 unspecified atom stereocenters. The molecule has 1 heterocycles. The molecule has 0 bridgehead atoms. The Morgan fingerprint density at radius 1 is 1.14 bits per heavy atom. The molecular weight excluding hydrogens is 295 g/mol. The van der Waals surface area contributed by atoms with Crippen molar-refractivity contribution in [3.05, 3.63) is 65.0 Å². The van der Waals surface area contributed by atoms with E-state index in [0.717, 1.165) is 12.1 Å². The maximum Gasteiger partial charge on any atom is 0.416 e. The highest BCUT2D eigenvalue weighted by Crippen LogP contribution is 2.29. The van der Waals surface area contributed by atoms with Gasteiger partial charge in [0, 0.05) is 18.0 Å². The van der Waals surface area contributed by atoms with E-state index < -0.39 is 17.7 Å². The summed E-state index contributed by atoms with van der Waals surface area (Å²) >= 11 is 0. The van der Waals surface area contributed by atoms with E-state index in [1.807, 2.05) is 0 Å². The van der Waals surface area contributed by atoms with Crippen LogP contribution >= 0.6 is 0 Å². The number of pyridine rings is 1. The maximum absolute atomic E-state index is 12.5. The molecule has 0 saturated carbocycles. The molecule has 0 atom stereocenters. The predicted octanol–water partition coefficient (Wildman–Crippen LogP) is 4.06. The van der Waals surface area contributed by atoms with Crippen molar-refractivity contribution in [2.24, 2.45) is 0 Å². The molecule has 0 saturated heterocycles. The number of benzene rings is 1. The summed E-state index contributed by atoms with van der Waals surface area (Å²) < 4.78 is 42.1. The smallest absolute Gasteiger partial charge is 0.416 e. The molecule has 22 heavy (non-hydrogen) atoms. The summed E-state index contributed by atoms with van der Waals surface area (Å²) in [6.07, 6.45) is 1.78. The maximum atomic E-state index is 12.5. The van der Waals surface area contributed by atoms with Gasteiger partial charge in [-0.1, -0.05) is 24.3 Å². The van der Waals surface area contributed by atoms with Crippen LogP contribution in [0.2, 0.25) is 0 Å². The van der Waals surface area contributed by atoms with Crippen LogP contribution in [0.1, 0.15) is 27.0 Å². The first-order chi connectivity index (χ1) is 10.4. The van der Waals surface area contributed by atoms with E-state index in [2.05, 4.69) is 9.72 Å². The van der Waals surface area contributed by atoms with Crippen molar-refractivity contribution in [2.45, 2.75) is 6.18 Å². The van der Waals surface area contributed by atoms with Crippen LogP contribution in [0.15, 0.2) is 42.7 Å². The molecule has 6 heteroatoms. The first kappa shape index (κ1) is 15.8. The topological polar surface area (TPSA) is 39.2 Å². The average molecular weight is 307 g/mol. The van der Waals surface area contributed by atoms with Gasteiger partial charge in [0.05, 0.1) is 18.2 Å². The quantitative estimate of drug-likeness (QED) is 0.803. The zero-order chi connectivity index (χ0) is 16.2. The Hall–Kier alpha value is -2.63. The van der Waals surface area contributed by atoms with Gasteiger partial charge in [-0.25, -0.2) is 4.79 Å². The minimum Gasteiger partial charge on any atom is -0.465 e. The van der Waals surface area contributed by atoms with Crippen LogP contribution in [-0.2, 0) is 10.9 Å². The highest BCUT2D eigenvalue weighted by Gasteiger charge is 2.29. The summed E-state index contributed by atoms with van der Waals surface area (Å²) in [4.78, 5) is 15.5. The minimum atomic E-state index is -4.36. The van der Waals surface area contributed by atoms with E-state index >= 15 is 0 Å². The van der Waals surface area contributed by atoms with E-state index in [0.29, 0.717) is 16.7 Å². The lowest BCUT2D eigenvalue weighted by Crippen LogP contribution is -2.04. The van der Waals surface area contributed by atoms with Gasteiger partial charge < -0.3 is 4.74 Å². The summed E-state index contributed by atoms with van der Waals surface area (Å²) in [5.41, 5.74) is 0.726. The molecule has 1 aromatic carbocycles. The van der Waals surface area contributed by atoms with Crippen LogP contribution in [0.4, 0.5) is 13.2 Å². The normalized spacial score (nSPS) is 11.6. The zero-order valence-electron chi connectivity index (χ0n) is 11.6. The van der Waals surface area contributed by atoms with Crippen molar-refractivity contribution in [1.82, 2.24) is 4.98 Å². The standard InChI is InChI=1S/C16H12F3NO2/c1-22-15(21)14-8-9-20-10-12(14)5-2-11-3-6-13(7-4-11)16(17,18)19/h2-10H,1H3. The fourth-order valence-electron chi connectivity index (χ4n) is 1.80. The molecule has 0 N–H and O–H groups in total. The van der Waals surface area contributed by atoms with E-state index in [-0.39, 0.29) is 0 Å². The van der Waals surface area contributed by atoms with E-state index in [1.165, 1.54) is 37.7 Å². The number of aromatic nitrogens is 1. The van der Waals surface area contributed by atoms with Gasteiger partial charge in [-0.15, -0.1) is 0 Å². The number of halogens is 3. The number of carbonyl (C=O) groups excluding carboxylic acids is 1. The van der Waals surface area contributed by atoms with Crippen LogP contribution in [0.25, 0.3) is 12.2 Å². The van der Waals surface area contributed by atoms with Crippen molar-refractivity contribution in [1.29, 1.82) is 0 Å². The third kappa shape index (κ3) is 3.72. The molecule has 0 fully saturated rings. The predicted molar refractivity (Wildman–Crippen MR) is 75.9 cm³/mol. The summed E-state index contributed by atoms with van der Waals surface area (Å²) in [5, 5.41) is 0. The van der Waals surface area contributed by atoms with Crippen molar-refractivity contribution >= 4 is 18.1 Å². The Balaban J connectivity index is 2.24. The molecule has 0 aliphatic heterocycles. The number of rotatable bonds is 3. The summed E-state index contributed by atoms with van der Waals surface area (Å²) in [6.45, 7) is 0. The number of hydrogen-bond donors (Lipinski definition) is 0. The SMILES string of the molecule is COC(=O)c1ccncc1C=Cc1ccc(C(F)(F)F)cc1. The van der Waals surface area contributed by atoms with Crippen LogP contribution in [0.5, 0.6) is 0 Å². The van der Waals surface area contributed by atoms with Crippen molar-refractivity contribution < 1.29 is 22.7 Å². The molecule has 0 radical (unpaired) electrons. The molecular formula is C16H12F3NO2. The molecule has 3 nitrogen and oxygen atoms in total. The average Bonchev–Trinajstić information content (AvgIpc) is 2.52. The van der Waals surface area contributed by atoms with Crippen molar-refractivity contribution in [3.63, 3.8) is 0 Å². The Kier molecular flexibility index (Phi) is 4.60. The molecule has 2 rings (SSSR count). The molecule has 114 valence electrons. The second kappa shape index (κ2) is 6.43. The number of nitrogens with zero attached hydrogens (tertiary/aromatic N) is 1. The van der Waals surface area contributed by atoms with E-state index in [9.17, 15) is 18.0 Å². The Labute approximate surface area is 125 Å². The van der Waals surface area contributed by atoms with Gasteiger partial charge in [0.15, 0.2) is 0 Å². The van der Waals surface area contributed by atoms with Gasteiger partial charge in [-0.2, -0.15) is 13.2 Å². The number of ether oxygens (including phenoxy) is 1. The molecule has 0 spiro atoms. The number of methoxy groups -OCH3 is 1. The molecule has 0 aliphatic rings. The fourth-order valence-corrected chi connectivity index (χ4v) is 1.80. The molecule has 2 aromatic rings. The third-order valence-corrected chi connectivity index (χ3v) is 2.95. The summed E-state index contributed by atoms with van der Waals surface area (Å²) in [7, 11) is 1.27. The van der Waals surface area contributed by atoms with Gasteiger partial charge in [-0.05, 0) is 23.8 Å². The molecule has 0 amide bonds. The highest BCUT2D eigenvalue weighted by atomic mass is 19.4. The Bertz CT molecular complexity index is 691. The minimum absolute atomic E-state index is 0.334. The fraction of sp³-hybridized carbons (Fsp3) is 0.125. The van der Waals surface area contributed by atoms with Crippen molar-refractivity contribution in [2.75, 3.05) is 7.11 Å². The van der Waals surface area contributed by atoms with Crippen LogP contribution in [0.3, 0.4) is 0 Å². The second-order valence-corrected chi connectivity index (χ2v) is 4.41. The summed E-state index contributed by atoms with van der Waals surface area (Å²) in [5.74, 6) is -0.505. The largest absolute Gasteiger partial charge is 0.465 e. The Morgan fingerprint density at radius 2 is 1.82 bits per heavy atom. The van der Waals surface area contributed by atoms with Crippen LogP contribution in [-0.4, -0.2) is 18.1 Å². The first-order valence-corrected chi connectivity index (χ1v) is 6.29. The third-order valence-electron chi connectivity index (χ3n) is 2.95. The van der Waals surface area contributed by atoms with Gasteiger partial charge in [0.1, 0.15) is 0 Å². The molecule has 0 aliphatic carbocycles. The van der Waals surface area contributed by atoms with Crippen molar-refractivity contribution in [3.8, 4) is 0 Å². The monoisotopic (exact) mass is 307 g/mol. The van der Waals surface area contributed by atoms with E-state index in [4.69, 9.17) is 0 Å². The van der Waals surface area contributed by atoms with Crippen LogP contribution in [0, 0.1) is 0 Å². The van der Waals surface area contributed by atoms with Gasteiger partial charge in [0.2, 0.25) is 0 Å². The number of esters is 1. The lowest BCUT2D eigenvalue weighted by molar-refractivity contribution is -0.137. The van der Waals surface area contributed by atoms with Gasteiger partial charge in [-0.3, -0.25) is 4.98 Å². The number of hydrogen-bond acceptors (Lipinski definition) is 3. The highest BCUT2D eigenvalue weighted by molar-refractivity contribution is 5.94. The first-order valence-electron chi connectivity index (χ1n) is 6.29. The lowest BCUT2D eigenvalue weighted by atomic mass is 10.1. The second-order valence-electron chi connectivity index (χ2n) is 4.41.